The fourth-order valence-corrected chi connectivity index (χ4v) is 2.25. The number of hydrogen-bond donors (Lipinski definition) is 2. The van der Waals surface area contributed by atoms with E-state index >= 15 is 0 Å². The first-order valence-corrected chi connectivity index (χ1v) is 7.36. The van der Waals surface area contributed by atoms with Crippen LogP contribution in [0.5, 0.6) is 0 Å². The Kier molecular flexibility index (Phi) is 4.50. The highest BCUT2D eigenvalue weighted by Crippen LogP contribution is 2.18. The maximum atomic E-state index is 11.8. The first kappa shape index (κ1) is 14.7. The van der Waals surface area contributed by atoms with Crippen molar-refractivity contribution >= 4 is 17.5 Å². The molecule has 3 rings (SSSR count). The minimum absolute atomic E-state index is 0.0498. The average Bonchev–Trinajstić information content (AvgIpc) is 3.19. The molecule has 22 heavy (non-hydrogen) atoms. The minimum Gasteiger partial charge on any atom is -0.354 e. The van der Waals surface area contributed by atoms with E-state index in [1.165, 1.54) is 0 Å². The van der Waals surface area contributed by atoms with Crippen molar-refractivity contribution in [2.45, 2.75) is 12.5 Å². The van der Waals surface area contributed by atoms with Gasteiger partial charge in [0.2, 0.25) is 17.6 Å². The zero-order valence-electron chi connectivity index (χ0n) is 11.8. The number of aromatic nitrogens is 2. The van der Waals surface area contributed by atoms with Crippen LogP contribution >= 0.6 is 11.6 Å². The summed E-state index contributed by atoms with van der Waals surface area (Å²) in [6, 6.07) is 6.96. The van der Waals surface area contributed by atoms with Crippen molar-refractivity contribution < 1.29 is 9.32 Å². The standard InChI is InChI=1S/C15H15ClN4O2/c16-11-5-3-10(4-6-11)14-19-13(22-20-14)7-9-18-15(21)12-2-1-8-17-12/h1-6,12,17H,7-9H2,(H,18,21). The zero-order chi connectivity index (χ0) is 15.4. The van der Waals surface area contributed by atoms with Crippen LogP contribution in [0.1, 0.15) is 5.89 Å². The molecule has 2 heterocycles. The van der Waals surface area contributed by atoms with Crippen LogP contribution in [0, 0.1) is 0 Å². The third-order valence-electron chi connectivity index (χ3n) is 3.28. The van der Waals surface area contributed by atoms with Gasteiger partial charge in [-0.2, -0.15) is 4.98 Å². The Morgan fingerprint density at radius 2 is 2.23 bits per heavy atom. The topological polar surface area (TPSA) is 80.1 Å². The molecule has 1 aromatic carbocycles. The summed E-state index contributed by atoms with van der Waals surface area (Å²) in [5.41, 5.74) is 0.837. The second-order valence-electron chi connectivity index (χ2n) is 4.87. The molecule has 2 N–H and O–H groups in total. The van der Waals surface area contributed by atoms with E-state index in [4.69, 9.17) is 16.1 Å². The Labute approximate surface area is 132 Å². The number of hydrogen-bond acceptors (Lipinski definition) is 5. The largest absolute Gasteiger partial charge is 0.354 e. The van der Waals surface area contributed by atoms with Gasteiger partial charge in [-0.1, -0.05) is 28.9 Å². The van der Waals surface area contributed by atoms with E-state index in [1.807, 2.05) is 24.3 Å². The monoisotopic (exact) mass is 318 g/mol. The molecule has 1 aliphatic rings. The third-order valence-corrected chi connectivity index (χ3v) is 3.53. The lowest BCUT2D eigenvalue weighted by Crippen LogP contribution is -2.41. The van der Waals surface area contributed by atoms with Gasteiger partial charge >= 0.3 is 0 Å². The molecule has 1 amide bonds. The van der Waals surface area contributed by atoms with E-state index < -0.39 is 0 Å². The molecule has 0 fully saturated rings. The third kappa shape index (κ3) is 3.52. The van der Waals surface area contributed by atoms with Crippen LogP contribution in [0.3, 0.4) is 0 Å². The van der Waals surface area contributed by atoms with Gasteiger partial charge in [0, 0.05) is 30.1 Å². The maximum Gasteiger partial charge on any atom is 0.241 e. The van der Waals surface area contributed by atoms with Crippen molar-refractivity contribution in [2.24, 2.45) is 0 Å². The van der Waals surface area contributed by atoms with E-state index in [-0.39, 0.29) is 11.9 Å². The van der Waals surface area contributed by atoms with Gasteiger partial charge in [-0.15, -0.1) is 0 Å². The summed E-state index contributed by atoms with van der Waals surface area (Å²) in [6.45, 7) is 1.18. The lowest BCUT2D eigenvalue weighted by Gasteiger charge is -2.08. The van der Waals surface area contributed by atoms with Crippen molar-refractivity contribution in [1.82, 2.24) is 20.8 Å². The van der Waals surface area contributed by atoms with E-state index in [2.05, 4.69) is 20.8 Å². The molecule has 7 heteroatoms. The fourth-order valence-electron chi connectivity index (χ4n) is 2.12. The van der Waals surface area contributed by atoms with Crippen LogP contribution in [0.4, 0.5) is 0 Å². The molecule has 1 aliphatic heterocycles. The molecular formula is C15H15ClN4O2. The predicted octanol–water partition coefficient (Wildman–Crippen LogP) is 1.58. The summed E-state index contributed by atoms with van der Waals surface area (Å²) in [4.78, 5) is 16.1. The number of nitrogens with zero attached hydrogens (tertiary/aromatic N) is 2. The molecule has 1 aromatic heterocycles. The fraction of sp³-hybridized carbons (Fsp3) is 0.267. The van der Waals surface area contributed by atoms with Crippen LogP contribution in [0.15, 0.2) is 40.9 Å². The molecule has 0 bridgehead atoms. The zero-order valence-corrected chi connectivity index (χ0v) is 12.5. The maximum absolute atomic E-state index is 11.8. The number of amides is 1. The molecule has 0 spiro atoms. The molecule has 1 atom stereocenters. The normalized spacial score (nSPS) is 16.9. The van der Waals surface area contributed by atoms with Gasteiger partial charge in [0.05, 0.1) is 0 Å². The van der Waals surface area contributed by atoms with E-state index in [9.17, 15) is 4.79 Å². The summed E-state index contributed by atoms with van der Waals surface area (Å²) >= 11 is 5.84. The highest BCUT2D eigenvalue weighted by atomic mass is 35.5. The number of rotatable bonds is 5. The molecule has 0 radical (unpaired) electrons. The van der Waals surface area contributed by atoms with Gasteiger partial charge in [-0.3, -0.25) is 10.1 Å². The SMILES string of the molecule is O=C(NCCc1nc(-c2ccc(Cl)cc2)no1)C1C=CCN1. The van der Waals surface area contributed by atoms with Gasteiger partial charge < -0.3 is 9.84 Å². The summed E-state index contributed by atoms with van der Waals surface area (Å²) < 4.78 is 5.18. The van der Waals surface area contributed by atoms with E-state index in [1.54, 1.807) is 12.1 Å². The van der Waals surface area contributed by atoms with Crippen molar-refractivity contribution in [2.75, 3.05) is 13.1 Å². The smallest absolute Gasteiger partial charge is 0.241 e. The second-order valence-corrected chi connectivity index (χ2v) is 5.31. The first-order chi connectivity index (χ1) is 10.7. The first-order valence-electron chi connectivity index (χ1n) is 6.98. The highest BCUT2D eigenvalue weighted by Gasteiger charge is 2.17. The van der Waals surface area contributed by atoms with Crippen molar-refractivity contribution in [3.63, 3.8) is 0 Å². The van der Waals surface area contributed by atoms with Crippen LogP contribution in [-0.2, 0) is 11.2 Å². The van der Waals surface area contributed by atoms with E-state index in [0.717, 1.165) is 12.1 Å². The molecule has 114 valence electrons. The molecule has 0 aliphatic carbocycles. The van der Waals surface area contributed by atoms with Crippen LogP contribution in [0.2, 0.25) is 5.02 Å². The Hall–Kier alpha value is -2.18. The molecular weight excluding hydrogens is 304 g/mol. The Balaban J connectivity index is 1.52. The molecule has 0 saturated carbocycles. The quantitative estimate of drug-likeness (QED) is 0.818. The van der Waals surface area contributed by atoms with Crippen molar-refractivity contribution in [1.29, 1.82) is 0 Å². The van der Waals surface area contributed by atoms with Crippen LogP contribution in [0.25, 0.3) is 11.4 Å². The van der Waals surface area contributed by atoms with Crippen molar-refractivity contribution in [3.05, 3.63) is 47.3 Å². The van der Waals surface area contributed by atoms with Gasteiger partial charge in [0.25, 0.3) is 0 Å². The van der Waals surface area contributed by atoms with Gasteiger partial charge in [0.1, 0.15) is 6.04 Å². The van der Waals surface area contributed by atoms with Crippen LogP contribution in [-0.4, -0.2) is 35.2 Å². The predicted molar refractivity (Wildman–Crippen MR) is 82.4 cm³/mol. The second kappa shape index (κ2) is 6.72. The Bertz CT molecular complexity index is 681. The van der Waals surface area contributed by atoms with Crippen molar-refractivity contribution in [3.8, 4) is 11.4 Å². The lowest BCUT2D eigenvalue weighted by molar-refractivity contribution is -0.121. The lowest BCUT2D eigenvalue weighted by atomic mass is 10.2. The highest BCUT2D eigenvalue weighted by molar-refractivity contribution is 6.30. The van der Waals surface area contributed by atoms with Gasteiger partial charge in [-0.05, 0) is 24.3 Å². The van der Waals surface area contributed by atoms with E-state index in [0.29, 0.717) is 29.7 Å². The summed E-state index contributed by atoms with van der Waals surface area (Å²) in [5, 5.41) is 10.5. The van der Waals surface area contributed by atoms with Gasteiger partial charge in [-0.25, -0.2) is 0 Å². The Morgan fingerprint density at radius 3 is 2.95 bits per heavy atom. The van der Waals surface area contributed by atoms with Crippen LogP contribution < -0.4 is 10.6 Å². The summed E-state index contributed by atoms with van der Waals surface area (Å²) in [5.74, 6) is 0.949. The van der Waals surface area contributed by atoms with Gasteiger partial charge in [0.15, 0.2) is 0 Å². The number of benzene rings is 1. The number of carbonyl (C=O) groups excluding carboxylic acids is 1. The minimum atomic E-state index is -0.243. The number of halogens is 1. The Morgan fingerprint density at radius 1 is 1.41 bits per heavy atom. The number of nitrogens with one attached hydrogen (secondary N) is 2. The average molecular weight is 319 g/mol. The summed E-state index contributed by atoms with van der Waals surface area (Å²) in [6.07, 6.45) is 4.27. The molecule has 6 nitrogen and oxygen atoms in total. The molecule has 2 aromatic rings. The molecule has 0 saturated heterocycles. The summed E-state index contributed by atoms with van der Waals surface area (Å²) in [7, 11) is 0. The number of carbonyl (C=O) groups is 1. The molecule has 1 unspecified atom stereocenters.